The van der Waals surface area contributed by atoms with E-state index < -0.39 is 5.97 Å². The van der Waals surface area contributed by atoms with E-state index in [4.69, 9.17) is 13.9 Å². The molecule has 2 heterocycles. The lowest BCUT2D eigenvalue weighted by atomic mass is 10.1. The normalized spacial score (nSPS) is 11.0. The Labute approximate surface area is 169 Å². The molecule has 2 aromatic heterocycles. The first-order valence-corrected chi connectivity index (χ1v) is 9.19. The number of aromatic nitrogens is 1. The monoisotopic (exact) mass is 393 g/mol. The number of aryl methyl sites for hydroxylation is 1. The molecule has 150 valence electrons. The van der Waals surface area contributed by atoms with Crippen molar-refractivity contribution >= 4 is 17.8 Å². The van der Waals surface area contributed by atoms with Gasteiger partial charge in [0.1, 0.15) is 11.5 Å². The number of hydrogen-bond acceptors (Lipinski definition) is 5. The Balaban J connectivity index is 1.62. The number of para-hydroxylation sites is 1. The minimum absolute atomic E-state index is 0.247. The van der Waals surface area contributed by atoms with Crippen molar-refractivity contribution in [3.8, 4) is 5.75 Å². The lowest BCUT2D eigenvalue weighted by Gasteiger charge is -2.08. The molecule has 1 aromatic carbocycles. The Hall–Kier alpha value is -3.54. The Kier molecular flexibility index (Phi) is 6.34. The smallest absolute Gasteiger partial charge is 0.331 e. The quantitative estimate of drug-likeness (QED) is 0.326. The van der Waals surface area contributed by atoms with Gasteiger partial charge in [-0.15, -0.1) is 0 Å². The summed E-state index contributed by atoms with van der Waals surface area (Å²) in [6, 6.07) is 12.8. The number of rotatable bonds is 8. The van der Waals surface area contributed by atoms with E-state index in [-0.39, 0.29) is 12.4 Å². The van der Waals surface area contributed by atoms with Gasteiger partial charge in [0.15, 0.2) is 6.61 Å². The van der Waals surface area contributed by atoms with Crippen LogP contribution < -0.4 is 4.74 Å². The molecule has 0 N–H and O–H groups in total. The fraction of sp³-hybridized carbons (Fsp3) is 0.217. The topological polar surface area (TPSA) is 70.7 Å². The lowest BCUT2D eigenvalue weighted by molar-refractivity contribution is -0.136. The third-order valence-corrected chi connectivity index (χ3v) is 4.65. The van der Waals surface area contributed by atoms with Crippen LogP contribution in [0.3, 0.4) is 0 Å². The molecule has 6 nitrogen and oxygen atoms in total. The van der Waals surface area contributed by atoms with Gasteiger partial charge in [-0.05, 0) is 44.2 Å². The Morgan fingerprint density at radius 1 is 1.14 bits per heavy atom. The van der Waals surface area contributed by atoms with E-state index in [1.54, 1.807) is 31.6 Å². The van der Waals surface area contributed by atoms with Gasteiger partial charge in [-0.2, -0.15) is 0 Å². The number of carbonyl (C=O) groups excluding carboxylic acids is 2. The van der Waals surface area contributed by atoms with E-state index in [0.29, 0.717) is 17.9 Å². The highest BCUT2D eigenvalue weighted by atomic mass is 16.5. The van der Waals surface area contributed by atoms with Crippen molar-refractivity contribution in [2.45, 2.75) is 20.4 Å². The third kappa shape index (κ3) is 4.85. The van der Waals surface area contributed by atoms with Crippen LogP contribution in [0.1, 0.15) is 33.1 Å². The van der Waals surface area contributed by atoms with Crippen molar-refractivity contribution in [1.29, 1.82) is 0 Å². The van der Waals surface area contributed by atoms with Crippen LogP contribution in [0, 0.1) is 13.8 Å². The molecule has 0 aliphatic heterocycles. The standard InChI is InChI=1S/C23H23NO5/c1-16-13-20(17(2)24(16)14-19-8-6-12-28-19)21(25)15-29-23(26)11-10-18-7-4-5-9-22(18)27-3/h4-13H,14-15H2,1-3H3. The van der Waals surface area contributed by atoms with E-state index in [1.165, 1.54) is 6.08 Å². The predicted octanol–water partition coefficient (Wildman–Crippen LogP) is 4.19. The number of carbonyl (C=O) groups is 2. The van der Waals surface area contributed by atoms with Crippen LogP contribution in [0.25, 0.3) is 6.08 Å². The molecule has 0 amide bonds. The van der Waals surface area contributed by atoms with Gasteiger partial charge in [-0.25, -0.2) is 4.79 Å². The molecular weight excluding hydrogens is 370 g/mol. The number of benzene rings is 1. The summed E-state index contributed by atoms with van der Waals surface area (Å²) in [7, 11) is 1.56. The lowest BCUT2D eigenvalue weighted by Crippen LogP contribution is -2.13. The fourth-order valence-electron chi connectivity index (χ4n) is 3.11. The Bertz CT molecular complexity index is 1030. The van der Waals surface area contributed by atoms with Crippen LogP contribution in [0.4, 0.5) is 0 Å². The third-order valence-electron chi connectivity index (χ3n) is 4.65. The first-order chi connectivity index (χ1) is 14.0. The van der Waals surface area contributed by atoms with Crippen LogP contribution in [-0.2, 0) is 16.1 Å². The molecule has 3 aromatic rings. The van der Waals surface area contributed by atoms with Gasteiger partial charge in [-0.3, -0.25) is 4.79 Å². The summed E-state index contributed by atoms with van der Waals surface area (Å²) in [6.07, 6.45) is 4.50. The molecule has 0 spiro atoms. The molecule has 3 rings (SSSR count). The highest BCUT2D eigenvalue weighted by Crippen LogP contribution is 2.19. The summed E-state index contributed by atoms with van der Waals surface area (Å²) < 4.78 is 17.7. The number of Topliss-reactive ketones (excluding diaryl/α,β-unsaturated/α-hetero) is 1. The van der Waals surface area contributed by atoms with Crippen LogP contribution in [-0.4, -0.2) is 30.0 Å². The van der Waals surface area contributed by atoms with Gasteiger partial charge in [0.25, 0.3) is 0 Å². The van der Waals surface area contributed by atoms with Crippen LogP contribution in [0.15, 0.2) is 59.2 Å². The van der Waals surface area contributed by atoms with Crippen molar-refractivity contribution in [3.05, 3.63) is 83.1 Å². The van der Waals surface area contributed by atoms with E-state index in [1.807, 2.05) is 48.7 Å². The van der Waals surface area contributed by atoms with Crippen molar-refractivity contribution in [2.24, 2.45) is 0 Å². The maximum absolute atomic E-state index is 12.6. The average molecular weight is 393 g/mol. The maximum atomic E-state index is 12.6. The molecule has 0 saturated carbocycles. The number of methoxy groups -OCH3 is 1. The molecule has 6 heteroatoms. The molecular formula is C23H23NO5. The van der Waals surface area contributed by atoms with E-state index in [9.17, 15) is 9.59 Å². The number of esters is 1. The molecule has 0 fully saturated rings. The minimum atomic E-state index is -0.589. The summed E-state index contributed by atoms with van der Waals surface area (Å²) in [5.74, 6) is 0.617. The number of hydrogen-bond donors (Lipinski definition) is 0. The molecule has 0 aliphatic rings. The first kappa shape index (κ1) is 20.2. The van der Waals surface area contributed by atoms with Crippen LogP contribution >= 0.6 is 0 Å². The predicted molar refractivity (Wildman–Crippen MR) is 109 cm³/mol. The molecule has 0 aliphatic carbocycles. The minimum Gasteiger partial charge on any atom is -0.496 e. The van der Waals surface area contributed by atoms with Gasteiger partial charge in [0.2, 0.25) is 5.78 Å². The zero-order valence-electron chi connectivity index (χ0n) is 16.7. The molecule has 0 unspecified atom stereocenters. The van der Waals surface area contributed by atoms with Crippen molar-refractivity contribution in [2.75, 3.05) is 13.7 Å². The van der Waals surface area contributed by atoms with Crippen molar-refractivity contribution in [1.82, 2.24) is 4.57 Å². The highest BCUT2D eigenvalue weighted by molar-refractivity contribution is 6.00. The summed E-state index contributed by atoms with van der Waals surface area (Å²) in [5, 5.41) is 0. The SMILES string of the molecule is COc1ccccc1C=CC(=O)OCC(=O)c1cc(C)n(Cc2ccco2)c1C. The van der Waals surface area contributed by atoms with Crippen molar-refractivity contribution in [3.63, 3.8) is 0 Å². The van der Waals surface area contributed by atoms with Crippen LogP contribution in [0.5, 0.6) is 5.75 Å². The number of nitrogens with zero attached hydrogens (tertiary/aromatic N) is 1. The van der Waals surface area contributed by atoms with Gasteiger partial charge < -0.3 is 18.5 Å². The Morgan fingerprint density at radius 3 is 2.66 bits per heavy atom. The van der Waals surface area contributed by atoms with Gasteiger partial charge in [-0.1, -0.05) is 18.2 Å². The van der Waals surface area contributed by atoms with Gasteiger partial charge in [0, 0.05) is 28.6 Å². The fourth-order valence-corrected chi connectivity index (χ4v) is 3.11. The first-order valence-electron chi connectivity index (χ1n) is 9.19. The Morgan fingerprint density at radius 2 is 1.93 bits per heavy atom. The largest absolute Gasteiger partial charge is 0.496 e. The molecule has 29 heavy (non-hydrogen) atoms. The second kappa shape index (κ2) is 9.10. The second-order valence-electron chi connectivity index (χ2n) is 6.56. The summed E-state index contributed by atoms with van der Waals surface area (Å²) in [5.41, 5.74) is 3.03. The zero-order chi connectivity index (χ0) is 20.8. The van der Waals surface area contributed by atoms with Gasteiger partial charge >= 0.3 is 5.97 Å². The van der Waals surface area contributed by atoms with Crippen molar-refractivity contribution < 1.29 is 23.5 Å². The number of ketones is 1. The van der Waals surface area contributed by atoms with E-state index >= 15 is 0 Å². The summed E-state index contributed by atoms with van der Waals surface area (Å²) in [4.78, 5) is 24.6. The zero-order valence-corrected chi connectivity index (χ0v) is 16.7. The molecule has 0 saturated heterocycles. The maximum Gasteiger partial charge on any atom is 0.331 e. The van der Waals surface area contributed by atoms with Gasteiger partial charge in [0.05, 0.1) is 19.9 Å². The van der Waals surface area contributed by atoms with Crippen LogP contribution in [0.2, 0.25) is 0 Å². The summed E-state index contributed by atoms with van der Waals surface area (Å²) >= 11 is 0. The molecule has 0 radical (unpaired) electrons. The second-order valence-corrected chi connectivity index (χ2v) is 6.56. The number of ether oxygens (including phenoxy) is 2. The summed E-state index contributed by atoms with van der Waals surface area (Å²) in [6.45, 7) is 4.01. The van der Waals surface area contributed by atoms with E-state index in [0.717, 1.165) is 22.7 Å². The average Bonchev–Trinajstić information content (AvgIpc) is 3.34. The number of furan rings is 1. The molecule has 0 bridgehead atoms. The highest BCUT2D eigenvalue weighted by Gasteiger charge is 2.17. The molecule has 0 atom stereocenters. The van der Waals surface area contributed by atoms with E-state index in [2.05, 4.69) is 0 Å².